The van der Waals surface area contributed by atoms with Crippen molar-refractivity contribution in [1.29, 1.82) is 0 Å². The summed E-state index contributed by atoms with van der Waals surface area (Å²) in [7, 11) is -1.33. The van der Waals surface area contributed by atoms with Crippen LogP contribution in [-0.4, -0.2) is 44.7 Å². The van der Waals surface area contributed by atoms with E-state index < -0.39 is 9.84 Å². The normalized spacial score (nSPS) is 14.8. The molecule has 0 radical (unpaired) electrons. The van der Waals surface area contributed by atoms with Crippen molar-refractivity contribution in [3.8, 4) is 0 Å². The molecule has 68 valence electrons. The van der Waals surface area contributed by atoms with E-state index in [1.807, 2.05) is 0 Å². The second kappa shape index (κ2) is 4.69. The van der Waals surface area contributed by atoms with Gasteiger partial charge < -0.3 is 10.4 Å². The molecule has 0 unspecified atom stereocenters. The lowest BCUT2D eigenvalue weighted by molar-refractivity contribution is 0.258. The summed E-state index contributed by atoms with van der Waals surface area (Å²) < 4.78 is 22.0. The van der Waals surface area contributed by atoms with E-state index >= 15 is 0 Å². The molecule has 0 aliphatic heterocycles. The molecule has 0 aromatic heterocycles. The Hall–Kier alpha value is -0.130. The van der Waals surface area contributed by atoms with Gasteiger partial charge in [-0.2, -0.15) is 0 Å². The zero-order valence-electron chi connectivity index (χ0n) is 6.87. The molecule has 0 spiro atoms. The van der Waals surface area contributed by atoms with Crippen LogP contribution >= 0.6 is 0 Å². The summed E-state index contributed by atoms with van der Waals surface area (Å²) in [4.78, 5) is 0. The number of aliphatic hydroxyl groups excluding tert-OH is 1. The number of rotatable bonds is 5. The van der Waals surface area contributed by atoms with Crippen molar-refractivity contribution in [3.05, 3.63) is 0 Å². The van der Waals surface area contributed by atoms with Gasteiger partial charge >= 0.3 is 0 Å². The fourth-order valence-corrected chi connectivity index (χ4v) is 1.77. The van der Waals surface area contributed by atoms with Gasteiger partial charge in [-0.15, -0.1) is 0 Å². The Labute approximate surface area is 67.5 Å². The Morgan fingerprint density at radius 2 is 2.09 bits per heavy atom. The van der Waals surface area contributed by atoms with Crippen molar-refractivity contribution in [2.24, 2.45) is 0 Å². The molecule has 0 aliphatic rings. The van der Waals surface area contributed by atoms with E-state index in [-0.39, 0.29) is 24.2 Å². The smallest absolute Gasteiger partial charge is 0.151 e. The number of aliphatic hydroxyl groups is 1. The first-order chi connectivity index (χ1) is 5.05. The van der Waals surface area contributed by atoms with Crippen LogP contribution in [0.15, 0.2) is 0 Å². The van der Waals surface area contributed by atoms with Gasteiger partial charge in [-0.05, 0) is 7.05 Å². The Balaban J connectivity index is 4.01. The van der Waals surface area contributed by atoms with Crippen LogP contribution in [0.5, 0.6) is 0 Å². The molecule has 0 bridgehead atoms. The van der Waals surface area contributed by atoms with Gasteiger partial charge in [0.05, 0.1) is 12.4 Å². The third kappa shape index (κ3) is 4.34. The van der Waals surface area contributed by atoms with E-state index in [1.165, 1.54) is 0 Å². The molecule has 0 amide bonds. The molecule has 0 heterocycles. The molecular weight excluding hydrogens is 166 g/mol. The molecule has 0 fully saturated rings. The number of nitrogens with one attached hydrogen (secondary N) is 1. The molecule has 0 rings (SSSR count). The number of hydrogen-bond donors (Lipinski definition) is 2. The van der Waals surface area contributed by atoms with Crippen molar-refractivity contribution in [2.75, 3.05) is 25.2 Å². The van der Waals surface area contributed by atoms with Gasteiger partial charge in [0.1, 0.15) is 0 Å². The van der Waals surface area contributed by atoms with Gasteiger partial charge in [-0.25, -0.2) is 8.42 Å². The summed E-state index contributed by atoms with van der Waals surface area (Å²) in [6, 6.07) is -0.333. The van der Waals surface area contributed by atoms with Crippen LogP contribution in [0.3, 0.4) is 0 Å². The number of likely N-dealkylation sites (N-methyl/N-ethyl adjacent to an activating group) is 1. The second-order valence-electron chi connectivity index (χ2n) is 2.37. The van der Waals surface area contributed by atoms with Crippen LogP contribution in [0, 0.1) is 0 Å². The number of sulfone groups is 1. The Morgan fingerprint density at radius 3 is 2.36 bits per heavy atom. The SMILES string of the molecule is CCS(=O)(=O)C[C@H](CO)NC. The van der Waals surface area contributed by atoms with E-state index in [9.17, 15) is 8.42 Å². The molecule has 1 atom stereocenters. The molecule has 0 saturated heterocycles. The van der Waals surface area contributed by atoms with Crippen molar-refractivity contribution >= 4 is 9.84 Å². The van der Waals surface area contributed by atoms with E-state index in [2.05, 4.69) is 5.32 Å². The molecule has 2 N–H and O–H groups in total. The predicted octanol–water partition coefficient (Wildman–Crippen LogP) is -0.999. The lowest BCUT2D eigenvalue weighted by Gasteiger charge is -2.11. The Morgan fingerprint density at radius 1 is 1.55 bits per heavy atom. The zero-order valence-corrected chi connectivity index (χ0v) is 7.69. The van der Waals surface area contributed by atoms with Gasteiger partial charge in [-0.1, -0.05) is 6.92 Å². The standard InChI is InChI=1S/C6H15NO3S/c1-3-11(9,10)5-6(4-8)7-2/h6-8H,3-5H2,1-2H3/t6-/m0/s1. The highest BCUT2D eigenvalue weighted by atomic mass is 32.2. The third-order valence-electron chi connectivity index (χ3n) is 1.52. The lowest BCUT2D eigenvalue weighted by Crippen LogP contribution is -2.36. The summed E-state index contributed by atoms with van der Waals surface area (Å²) in [5.74, 6) is 0.141. The monoisotopic (exact) mass is 181 g/mol. The number of hydrogen-bond acceptors (Lipinski definition) is 4. The van der Waals surface area contributed by atoms with Gasteiger partial charge in [0, 0.05) is 11.8 Å². The van der Waals surface area contributed by atoms with Gasteiger partial charge in [-0.3, -0.25) is 0 Å². The maximum atomic E-state index is 11.0. The third-order valence-corrected chi connectivity index (χ3v) is 3.31. The molecule has 11 heavy (non-hydrogen) atoms. The highest BCUT2D eigenvalue weighted by Gasteiger charge is 2.14. The molecule has 4 nitrogen and oxygen atoms in total. The Bertz CT molecular complexity index is 184. The lowest BCUT2D eigenvalue weighted by atomic mass is 10.4. The first kappa shape index (κ1) is 10.9. The fourth-order valence-electron chi connectivity index (χ4n) is 0.652. The van der Waals surface area contributed by atoms with Crippen LogP contribution in [0.2, 0.25) is 0 Å². The average Bonchev–Trinajstić information content (AvgIpc) is 2.00. The van der Waals surface area contributed by atoms with Crippen LogP contribution in [-0.2, 0) is 9.84 Å². The van der Waals surface area contributed by atoms with E-state index in [0.29, 0.717) is 0 Å². The minimum absolute atomic E-state index is 0.0104. The zero-order chi connectivity index (χ0) is 8.91. The maximum Gasteiger partial charge on any atom is 0.151 e. The molecule has 0 aromatic carbocycles. The maximum absolute atomic E-state index is 11.0. The van der Waals surface area contributed by atoms with E-state index in [1.54, 1.807) is 14.0 Å². The summed E-state index contributed by atoms with van der Waals surface area (Å²) in [5, 5.41) is 11.4. The van der Waals surface area contributed by atoms with Crippen LogP contribution < -0.4 is 5.32 Å². The quantitative estimate of drug-likeness (QED) is 0.571. The summed E-state index contributed by atoms with van der Waals surface area (Å²) in [6.07, 6.45) is 0. The molecular formula is C6H15NO3S. The van der Waals surface area contributed by atoms with Gasteiger partial charge in [0.2, 0.25) is 0 Å². The topological polar surface area (TPSA) is 66.4 Å². The minimum Gasteiger partial charge on any atom is -0.395 e. The highest BCUT2D eigenvalue weighted by Crippen LogP contribution is 1.93. The molecule has 0 aliphatic carbocycles. The van der Waals surface area contributed by atoms with Crippen molar-refractivity contribution in [2.45, 2.75) is 13.0 Å². The first-order valence-corrected chi connectivity index (χ1v) is 5.36. The van der Waals surface area contributed by atoms with Crippen molar-refractivity contribution < 1.29 is 13.5 Å². The summed E-state index contributed by atoms with van der Waals surface area (Å²) in [6.45, 7) is 1.45. The summed E-state index contributed by atoms with van der Waals surface area (Å²) >= 11 is 0. The van der Waals surface area contributed by atoms with E-state index in [4.69, 9.17) is 5.11 Å². The highest BCUT2D eigenvalue weighted by molar-refractivity contribution is 7.91. The van der Waals surface area contributed by atoms with Crippen LogP contribution in [0.4, 0.5) is 0 Å². The average molecular weight is 181 g/mol. The molecule has 0 aromatic rings. The minimum atomic E-state index is -2.97. The first-order valence-electron chi connectivity index (χ1n) is 3.54. The molecule has 5 heteroatoms. The summed E-state index contributed by atoms with van der Waals surface area (Å²) in [5.41, 5.74) is 0. The van der Waals surface area contributed by atoms with Crippen molar-refractivity contribution in [3.63, 3.8) is 0 Å². The molecule has 0 saturated carbocycles. The van der Waals surface area contributed by atoms with E-state index in [0.717, 1.165) is 0 Å². The van der Waals surface area contributed by atoms with Crippen LogP contribution in [0.1, 0.15) is 6.92 Å². The van der Waals surface area contributed by atoms with Crippen molar-refractivity contribution in [1.82, 2.24) is 5.32 Å². The second-order valence-corrected chi connectivity index (χ2v) is 4.76. The van der Waals surface area contributed by atoms with Crippen LogP contribution in [0.25, 0.3) is 0 Å². The largest absolute Gasteiger partial charge is 0.395 e. The predicted molar refractivity (Wildman–Crippen MR) is 44.3 cm³/mol. The Kier molecular flexibility index (Phi) is 4.63. The van der Waals surface area contributed by atoms with Gasteiger partial charge in [0.25, 0.3) is 0 Å². The fraction of sp³-hybridized carbons (Fsp3) is 1.00. The van der Waals surface area contributed by atoms with Gasteiger partial charge in [0.15, 0.2) is 9.84 Å².